The Labute approximate surface area is 264 Å². The van der Waals surface area contributed by atoms with E-state index in [0.29, 0.717) is 29.0 Å². The number of nitrogens with zero attached hydrogens (tertiary/aromatic N) is 2. The van der Waals surface area contributed by atoms with Gasteiger partial charge in [0.1, 0.15) is 10.6 Å². The fourth-order valence-electron chi connectivity index (χ4n) is 5.05. The molecule has 0 atom stereocenters. The number of pyridine rings is 1. The zero-order chi connectivity index (χ0) is 32.9. The third-order valence-corrected chi connectivity index (χ3v) is 8.88. The molecule has 0 unspecified atom stereocenters. The van der Waals surface area contributed by atoms with Gasteiger partial charge in [0.15, 0.2) is 23.1 Å². The number of para-hydroxylation sites is 1. The summed E-state index contributed by atoms with van der Waals surface area (Å²) < 4.78 is 102. The number of hydrogen-bond donors (Lipinski definition) is 1. The van der Waals surface area contributed by atoms with E-state index in [1.807, 2.05) is 0 Å². The van der Waals surface area contributed by atoms with Gasteiger partial charge in [-0.15, -0.1) is 13.2 Å². The van der Waals surface area contributed by atoms with Crippen LogP contribution >= 0.6 is 0 Å². The van der Waals surface area contributed by atoms with Gasteiger partial charge in [-0.1, -0.05) is 19.1 Å². The first-order valence-electron chi connectivity index (χ1n) is 14.6. The molecular formula is C32H33F4N3O6S. The van der Waals surface area contributed by atoms with Gasteiger partial charge in [0.25, 0.3) is 10.0 Å². The van der Waals surface area contributed by atoms with Crippen LogP contribution in [0.5, 0.6) is 28.9 Å². The van der Waals surface area contributed by atoms with Gasteiger partial charge < -0.3 is 23.8 Å². The van der Waals surface area contributed by atoms with Crippen LogP contribution in [0.15, 0.2) is 71.6 Å². The average molecular weight is 664 g/mol. The summed E-state index contributed by atoms with van der Waals surface area (Å²) in [6.45, 7) is 5.87. The second-order valence-corrected chi connectivity index (χ2v) is 12.6. The Morgan fingerprint density at radius 1 is 0.957 bits per heavy atom. The van der Waals surface area contributed by atoms with Gasteiger partial charge in [-0.25, -0.2) is 17.8 Å². The highest BCUT2D eigenvalue weighted by Crippen LogP contribution is 2.35. The van der Waals surface area contributed by atoms with Gasteiger partial charge in [0, 0.05) is 30.1 Å². The first-order chi connectivity index (χ1) is 21.9. The third kappa shape index (κ3) is 8.49. The Morgan fingerprint density at radius 2 is 1.72 bits per heavy atom. The van der Waals surface area contributed by atoms with Crippen molar-refractivity contribution in [2.75, 3.05) is 38.1 Å². The van der Waals surface area contributed by atoms with Gasteiger partial charge in [-0.05, 0) is 74.7 Å². The van der Waals surface area contributed by atoms with E-state index >= 15 is 0 Å². The van der Waals surface area contributed by atoms with E-state index in [9.17, 15) is 26.0 Å². The smallest absolute Gasteiger partial charge is 0.493 e. The van der Waals surface area contributed by atoms with Crippen LogP contribution in [0.2, 0.25) is 0 Å². The minimum Gasteiger partial charge on any atom is -0.493 e. The van der Waals surface area contributed by atoms with Crippen molar-refractivity contribution in [1.29, 1.82) is 0 Å². The Kier molecular flexibility index (Phi) is 10.1. The number of alkyl halides is 3. The number of nitrogens with one attached hydrogen (secondary N) is 1. The van der Waals surface area contributed by atoms with Crippen molar-refractivity contribution in [2.45, 2.75) is 37.4 Å². The second-order valence-electron chi connectivity index (χ2n) is 10.9. The number of hydrogen-bond acceptors (Lipinski definition) is 8. The fourth-order valence-corrected chi connectivity index (χ4v) is 6.23. The summed E-state index contributed by atoms with van der Waals surface area (Å²) in [5.74, 6) is -0.324. The molecular weight excluding hydrogens is 630 g/mol. The molecule has 0 amide bonds. The molecule has 14 heteroatoms. The number of anilines is 1. The highest BCUT2D eigenvalue weighted by atomic mass is 32.2. The molecule has 246 valence electrons. The van der Waals surface area contributed by atoms with Crippen molar-refractivity contribution < 1.29 is 44.9 Å². The zero-order valence-electron chi connectivity index (χ0n) is 25.1. The fraction of sp³-hybridized carbons (Fsp3) is 0.344. The zero-order valence-corrected chi connectivity index (χ0v) is 26.0. The van der Waals surface area contributed by atoms with E-state index in [0.717, 1.165) is 62.3 Å². The number of likely N-dealkylation sites (tertiary alicyclic amines) is 1. The lowest BCUT2D eigenvalue weighted by atomic mass is 9.99. The number of methoxy groups -OCH3 is 1. The van der Waals surface area contributed by atoms with Crippen molar-refractivity contribution in [3.05, 3.63) is 72.5 Å². The summed E-state index contributed by atoms with van der Waals surface area (Å²) >= 11 is 0. The van der Waals surface area contributed by atoms with Crippen molar-refractivity contribution in [3.63, 3.8) is 0 Å². The molecule has 1 aliphatic rings. The van der Waals surface area contributed by atoms with Crippen LogP contribution in [0, 0.1) is 11.7 Å². The molecule has 5 rings (SSSR count). The Balaban J connectivity index is 1.30. The summed E-state index contributed by atoms with van der Waals surface area (Å²) in [4.78, 5) is 6.14. The lowest BCUT2D eigenvalue weighted by Crippen LogP contribution is -2.34. The normalized spacial score (nSPS) is 14.7. The molecule has 0 aliphatic carbocycles. The van der Waals surface area contributed by atoms with Crippen molar-refractivity contribution in [3.8, 4) is 28.9 Å². The molecule has 0 spiro atoms. The Bertz CT molecular complexity index is 1780. The number of ether oxygens (including phenoxy) is 4. The van der Waals surface area contributed by atoms with Crippen molar-refractivity contribution >= 4 is 26.6 Å². The monoisotopic (exact) mass is 663 g/mol. The SMILES string of the molecule is COc1cc2ccc(Oc3cc(NS(=O)(=O)c4ccccc4OC(F)(F)F)ccc3F)nc2cc1OCCCN1CCC(C)CC1. The number of aromatic nitrogens is 1. The molecule has 1 saturated heterocycles. The molecule has 9 nitrogen and oxygen atoms in total. The standard InChI is InChI=1S/C32H33F4N3O6S/c1-21-12-15-39(16-13-21)14-5-17-43-29-20-25-22(18-28(29)42-2)8-11-31(37-25)44-27-19-23(9-10-24(27)33)38-46(40,41)30-7-4-3-6-26(30)45-32(34,35)36/h3-4,6-11,18-21,38H,5,12-17H2,1-2H3. The molecule has 3 aromatic carbocycles. The molecule has 1 aliphatic heterocycles. The molecule has 4 aromatic rings. The minimum atomic E-state index is -5.11. The summed E-state index contributed by atoms with van der Waals surface area (Å²) in [5.41, 5.74) is 0.315. The highest BCUT2D eigenvalue weighted by Gasteiger charge is 2.34. The largest absolute Gasteiger partial charge is 0.573 e. The Morgan fingerprint density at radius 3 is 2.46 bits per heavy atom. The van der Waals surface area contributed by atoms with Crippen molar-refractivity contribution in [2.24, 2.45) is 5.92 Å². The quantitative estimate of drug-likeness (QED) is 0.124. The first-order valence-corrected chi connectivity index (χ1v) is 16.1. The van der Waals surface area contributed by atoms with Crippen LogP contribution in [0.4, 0.5) is 23.2 Å². The lowest BCUT2D eigenvalue weighted by molar-refractivity contribution is -0.275. The van der Waals surface area contributed by atoms with E-state index in [-0.39, 0.29) is 17.3 Å². The molecule has 2 heterocycles. The van der Waals surface area contributed by atoms with E-state index in [2.05, 4.69) is 26.3 Å². The summed E-state index contributed by atoms with van der Waals surface area (Å²) in [5, 5.41) is 0.709. The average Bonchev–Trinajstić information content (AvgIpc) is 3.00. The lowest BCUT2D eigenvalue weighted by Gasteiger charge is -2.30. The number of sulfonamides is 1. The number of benzene rings is 3. The second kappa shape index (κ2) is 14.0. The van der Waals surface area contributed by atoms with E-state index in [4.69, 9.17) is 14.2 Å². The predicted molar refractivity (Wildman–Crippen MR) is 164 cm³/mol. The maximum absolute atomic E-state index is 14.7. The van der Waals surface area contributed by atoms with Gasteiger partial charge in [-0.2, -0.15) is 0 Å². The number of fused-ring (bicyclic) bond motifs is 1. The summed E-state index contributed by atoms with van der Waals surface area (Å²) in [7, 11) is -3.03. The number of halogens is 4. The maximum Gasteiger partial charge on any atom is 0.573 e. The van der Waals surface area contributed by atoms with E-state index in [1.165, 1.54) is 31.0 Å². The Hall–Kier alpha value is -4.30. The maximum atomic E-state index is 14.7. The predicted octanol–water partition coefficient (Wildman–Crippen LogP) is 7.38. The molecule has 1 aromatic heterocycles. The first kappa shape index (κ1) is 33.1. The molecule has 1 fully saturated rings. The van der Waals surface area contributed by atoms with Gasteiger partial charge in [0.05, 0.1) is 24.9 Å². The van der Waals surface area contributed by atoms with E-state index < -0.39 is 32.8 Å². The molecule has 0 saturated carbocycles. The van der Waals surface area contributed by atoms with Crippen LogP contribution in [-0.4, -0.2) is 58.0 Å². The van der Waals surface area contributed by atoms with Crippen LogP contribution in [0.3, 0.4) is 0 Å². The van der Waals surface area contributed by atoms with Crippen LogP contribution in [0.25, 0.3) is 10.9 Å². The minimum absolute atomic E-state index is 0.00535. The van der Waals surface area contributed by atoms with Crippen LogP contribution in [0.1, 0.15) is 26.2 Å². The van der Waals surface area contributed by atoms with Gasteiger partial charge >= 0.3 is 6.36 Å². The van der Waals surface area contributed by atoms with Gasteiger partial charge in [0.2, 0.25) is 5.88 Å². The molecule has 1 N–H and O–H groups in total. The number of piperidine rings is 1. The molecule has 46 heavy (non-hydrogen) atoms. The number of rotatable bonds is 12. The molecule has 0 radical (unpaired) electrons. The van der Waals surface area contributed by atoms with Gasteiger partial charge in [-0.3, -0.25) is 4.72 Å². The van der Waals surface area contributed by atoms with Crippen LogP contribution in [-0.2, 0) is 10.0 Å². The molecule has 0 bridgehead atoms. The van der Waals surface area contributed by atoms with E-state index in [1.54, 1.807) is 25.3 Å². The highest BCUT2D eigenvalue weighted by molar-refractivity contribution is 7.92. The topological polar surface area (TPSA) is 99.2 Å². The van der Waals surface area contributed by atoms with Crippen LogP contribution < -0.4 is 23.7 Å². The third-order valence-electron chi connectivity index (χ3n) is 7.46. The summed E-state index contributed by atoms with van der Waals surface area (Å²) in [6.07, 6.45) is -1.87. The van der Waals surface area contributed by atoms with Crippen molar-refractivity contribution in [1.82, 2.24) is 9.88 Å². The summed E-state index contributed by atoms with van der Waals surface area (Å²) in [6, 6.07) is 14.0.